The Morgan fingerprint density at radius 1 is 0.971 bits per heavy atom. The van der Waals surface area contributed by atoms with Crippen molar-refractivity contribution in [2.75, 3.05) is 49.6 Å². The number of halogens is 5. The van der Waals surface area contributed by atoms with E-state index < -0.39 is 23.4 Å². The van der Waals surface area contributed by atoms with Gasteiger partial charge in [-0.25, -0.2) is 23.4 Å². The lowest BCUT2D eigenvalue weighted by Crippen LogP contribution is -2.56. The maximum Gasteiger partial charge on any atom is 0.416 e. The molecule has 0 aliphatic carbocycles. The van der Waals surface area contributed by atoms with Gasteiger partial charge in [-0.3, -0.25) is 4.90 Å². The summed E-state index contributed by atoms with van der Waals surface area (Å²) < 4.78 is 73.9. The van der Waals surface area contributed by atoms with Gasteiger partial charge in [-0.05, 0) is 24.3 Å². The fourth-order valence-corrected chi connectivity index (χ4v) is 3.95. The normalized spacial score (nSPS) is 17.5. The average molecular weight is 491 g/mol. The third-order valence-corrected chi connectivity index (χ3v) is 5.93. The molecule has 2 aliphatic rings. The van der Waals surface area contributed by atoms with E-state index in [0.717, 1.165) is 28.9 Å². The molecule has 0 spiro atoms. The van der Waals surface area contributed by atoms with Crippen LogP contribution in [0.1, 0.15) is 5.56 Å². The zero-order valence-corrected chi connectivity index (χ0v) is 18.3. The first-order chi connectivity index (χ1) is 16.7. The Labute approximate surface area is 198 Å². The fourth-order valence-electron chi connectivity index (χ4n) is 3.95. The predicted octanol–water partition coefficient (Wildman–Crippen LogP) is 2.02. The lowest BCUT2D eigenvalue weighted by Gasteiger charge is -2.43. The average Bonchev–Trinajstić information content (AvgIpc) is 3.14. The number of rotatable bonds is 5. The molecule has 0 atom stereocenters. The molecule has 14 heteroatoms. The number of aromatic nitrogens is 4. The van der Waals surface area contributed by atoms with E-state index in [9.17, 15) is 22.0 Å². The van der Waals surface area contributed by atoms with Crippen molar-refractivity contribution in [2.24, 2.45) is 0 Å². The largest absolute Gasteiger partial charge is 0.416 e. The van der Waals surface area contributed by atoms with Crippen molar-refractivity contribution in [1.82, 2.24) is 24.6 Å². The summed E-state index contributed by atoms with van der Waals surface area (Å²) in [5.74, 6) is -2.28. The van der Waals surface area contributed by atoms with Gasteiger partial charge in [0.1, 0.15) is 11.6 Å². The van der Waals surface area contributed by atoms with Crippen LogP contribution in [0.15, 0.2) is 30.3 Å². The molecule has 0 saturated carbocycles. The molecule has 2 fully saturated rings. The second-order valence-corrected chi connectivity index (χ2v) is 8.24. The molecule has 35 heavy (non-hydrogen) atoms. The van der Waals surface area contributed by atoms with E-state index in [4.69, 9.17) is 12.6 Å². The zero-order chi connectivity index (χ0) is 24.7. The predicted molar refractivity (Wildman–Crippen MR) is 118 cm³/mol. The first-order valence-corrected chi connectivity index (χ1v) is 10.8. The Kier molecular flexibility index (Phi) is 6.09. The smallest absolute Gasteiger partial charge is 0.378 e. The standard InChI is InChI=1S/C21H19BF5N7O/c22-19-30-20(31-34(19)13-1-2-15(23)16(24)9-13)29-17-7-12(21(25,26)27)8-18(28-17)33-5-3-32(4-6-33)14-10-35-11-14/h1-2,7-9,14H,3-6,10-11H2,(H,28,29,31). The summed E-state index contributed by atoms with van der Waals surface area (Å²) in [6, 6.07) is 5.22. The summed E-state index contributed by atoms with van der Waals surface area (Å²) in [7, 11) is 5.83. The highest BCUT2D eigenvalue weighted by atomic mass is 19.4. The first kappa shape index (κ1) is 23.5. The van der Waals surface area contributed by atoms with Crippen molar-refractivity contribution < 1.29 is 26.7 Å². The minimum Gasteiger partial charge on any atom is -0.378 e. The van der Waals surface area contributed by atoms with Crippen LogP contribution in [-0.2, 0) is 10.9 Å². The van der Waals surface area contributed by atoms with Crippen LogP contribution in [0.4, 0.5) is 39.5 Å². The molecule has 2 saturated heterocycles. The third kappa shape index (κ3) is 4.94. The number of pyridine rings is 1. The summed E-state index contributed by atoms with van der Waals surface area (Å²) in [5, 5.41) is 6.69. The van der Waals surface area contributed by atoms with Gasteiger partial charge in [-0.2, -0.15) is 13.2 Å². The molecule has 3 aromatic rings. The highest BCUT2D eigenvalue weighted by molar-refractivity contribution is 6.29. The molecular weight excluding hydrogens is 472 g/mol. The zero-order valence-electron chi connectivity index (χ0n) is 18.3. The van der Waals surface area contributed by atoms with E-state index >= 15 is 0 Å². The molecule has 1 N–H and O–H groups in total. The summed E-state index contributed by atoms with van der Waals surface area (Å²) >= 11 is 0. The Bertz CT molecular complexity index is 1230. The van der Waals surface area contributed by atoms with Crippen molar-refractivity contribution >= 4 is 31.2 Å². The van der Waals surface area contributed by atoms with Gasteiger partial charge in [0.25, 0.3) is 0 Å². The number of nitrogens with zero attached hydrogens (tertiary/aromatic N) is 6. The van der Waals surface area contributed by atoms with Gasteiger partial charge in [0.05, 0.1) is 36.2 Å². The molecule has 2 radical (unpaired) electrons. The second kappa shape index (κ2) is 9.08. The second-order valence-electron chi connectivity index (χ2n) is 8.24. The third-order valence-electron chi connectivity index (χ3n) is 5.93. The van der Waals surface area contributed by atoms with Crippen LogP contribution in [0.2, 0.25) is 0 Å². The minimum absolute atomic E-state index is 0.0920. The summed E-state index contributed by atoms with van der Waals surface area (Å²) in [5.41, 5.74) is -0.969. The monoisotopic (exact) mass is 491 g/mol. The quantitative estimate of drug-likeness (QED) is 0.433. The summed E-state index contributed by atoms with van der Waals surface area (Å²) in [6.07, 6.45) is -4.60. The fraction of sp³-hybridized carbons (Fsp3) is 0.381. The molecule has 2 aliphatic heterocycles. The number of ether oxygens (including phenoxy) is 1. The maximum atomic E-state index is 13.6. The number of nitrogens with one attached hydrogen (secondary N) is 1. The van der Waals surface area contributed by atoms with Gasteiger partial charge < -0.3 is 15.0 Å². The van der Waals surface area contributed by atoms with E-state index in [0.29, 0.717) is 45.4 Å². The van der Waals surface area contributed by atoms with Crippen LogP contribution < -0.4 is 15.9 Å². The Hall–Kier alpha value is -3.26. The van der Waals surface area contributed by atoms with Crippen LogP contribution in [-0.4, -0.2) is 77.9 Å². The van der Waals surface area contributed by atoms with Crippen LogP contribution in [0.5, 0.6) is 0 Å². The van der Waals surface area contributed by atoms with E-state index in [2.05, 4.69) is 25.3 Å². The van der Waals surface area contributed by atoms with Crippen molar-refractivity contribution in [3.05, 3.63) is 47.5 Å². The Balaban J connectivity index is 1.39. The number of piperazine rings is 1. The van der Waals surface area contributed by atoms with Crippen LogP contribution >= 0.6 is 0 Å². The van der Waals surface area contributed by atoms with Gasteiger partial charge >= 0.3 is 6.18 Å². The summed E-state index contributed by atoms with van der Waals surface area (Å²) in [6.45, 7) is 3.74. The molecule has 0 bridgehead atoms. The lowest BCUT2D eigenvalue weighted by atomic mass is 10.1. The van der Waals surface area contributed by atoms with E-state index in [1.807, 2.05) is 0 Å². The van der Waals surface area contributed by atoms with Gasteiger partial charge in [-0.15, -0.1) is 5.10 Å². The number of benzene rings is 1. The van der Waals surface area contributed by atoms with E-state index in [-0.39, 0.29) is 29.0 Å². The molecule has 8 nitrogen and oxygen atoms in total. The van der Waals surface area contributed by atoms with Crippen molar-refractivity contribution in [1.29, 1.82) is 0 Å². The number of alkyl halides is 3. The molecule has 4 heterocycles. The van der Waals surface area contributed by atoms with Gasteiger partial charge in [0.2, 0.25) is 5.95 Å². The van der Waals surface area contributed by atoms with Crippen LogP contribution in [0.25, 0.3) is 5.69 Å². The maximum absolute atomic E-state index is 13.6. The van der Waals surface area contributed by atoms with Crippen molar-refractivity contribution in [3.8, 4) is 5.69 Å². The topological polar surface area (TPSA) is 71.3 Å². The van der Waals surface area contributed by atoms with Gasteiger partial charge in [0.15, 0.2) is 19.5 Å². The number of hydrogen-bond donors (Lipinski definition) is 1. The SMILES string of the molecule is [B]c1nc(Nc2cc(C(F)(F)F)cc(N3CCN(C4COC4)CC3)n2)nn1-c1ccc(F)c(F)c1. The van der Waals surface area contributed by atoms with Crippen LogP contribution in [0.3, 0.4) is 0 Å². The number of hydrogen-bond acceptors (Lipinski definition) is 7. The van der Waals surface area contributed by atoms with Crippen molar-refractivity contribution in [2.45, 2.75) is 12.2 Å². The Morgan fingerprint density at radius 3 is 2.34 bits per heavy atom. The van der Waals surface area contributed by atoms with Crippen LogP contribution in [0, 0.1) is 11.6 Å². The molecule has 5 rings (SSSR count). The molecule has 0 unspecified atom stereocenters. The minimum atomic E-state index is -4.60. The Morgan fingerprint density at radius 2 is 1.71 bits per heavy atom. The van der Waals surface area contributed by atoms with E-state index in [1.54, 1.807) is 4.90 Å². The highest BCUT2D eigenvalue weighted by Crippen LogP contribution is 2.33. The molecule has 182 valence electrons. The number of anilines is 3. The molecule has 1 aromatic carbocycles. The first-order valence-electron chi connectivity index (χ1n) is 10.8. The van der Waals surface area contributed by atoms with E-state index in [1.165, 1.54) is 6.07 Å². The summed E-state index contributed by atoms with van der Waals surface area (Å²) in [4.78, 5) is 12.3. The molecule has 2 aromatic heterocycles. The molecular formula is C21H19BF5N7O. The lowest BCUT2D eigenvalue weighted by molar-refractivity contribution is -0.137. The van der Waals surface area contributed by atoms with Crippen molar-refractivity contribution in [3.63, 3.8) is 0 Å². The van der Waals surface area contributed by atoms with Gasteiger partial charge in [0, 0.05) is 32.2 Å². The van der Waals surface area contributed by atoms with Gasteiger partial charge in [-0.1, -0.05) is 0 Å². The highest BCUT2D eigenvalue weighted by Gasteiger charge is 2.34. The molecule has 0 amide bonds.